The van der Waals surface area contributed by atoms with Gasteiger partial charge in [0, 0.05) is 37.1 Å². The fourth-order valence-electron chi connectivity index (χ4n) is 3.32. The fourth-order valence-corrected chi connectivity index (χ4v) is 5.09. The van der Waals surface area contributed by atoms with Crippen LogP contribution < -0.4 is 4.74 Å². The number of rotatable bonds is 10. The van der Waals surface area contributed by atoms with E-state index in [1.54, 1.807) is 41.9 Å². The molecule has 2 aromatic carbocycles. The first-order valence-electron chi connectivity index (χ1n) is 10.4. The van der Waals surface area contributed by atoms with E-state index < -0.39 is 9.84 Å². The summed E-state index contributed by atoms with van der Waals surface area (Å²) < 4.78 is 34.7. The van der Waals surface area contributed by atoms with Crippen LogP contribution in [0.25, 0.3) is 0 Å². The van der Waals surface area contributed by atoms with Gasteiger partial charge in [-0.15, -0.1) is 11.8 Å². The van der Waals surface area contributed by atoms with Crippen LogP contribution >= 0.6 is 11.8 Å². The highest BCUT2D eigenvalue weighted by Gasteiger charge is 2.19. The maximum absolute atomic E-state index is 13.0. The maximum Gasteiger partial charge on any atom is 0.254 e. The summed E-state index contributed by atoms with van der Waals surface area (Å²) in [6.45, 7) is 1.75. The van der Waals surface area contributed by atoms with Gasteiger partial charge >= 0.3 is 0 Å². The van der Waals surface area contributed by atoms with Crippen molar-refractivity contribution >= 4 is 27.5 Å². The Bertz CT molecular complexity index is 987. The highest BCUT2D eigenvalue weighted by molar-refractivity contribution is 7.99. The minimum Gasteiger partial charge on any atom is -0.493 e. The van der Waals surface area contributed by atoms with Crippen molar-refractivity contribution in [1.29, 1.82) is 0 Å². The summed E-state index contributed by atoms with van der Waals surface area (Å²) in [7, 11) is -1.48. The van der Waals surface area contributed by atoms with Crippen molar-refractivity contribution in [2.45, 2.75) is 35.2 Å². The first kappa shape index (κ1) is 23.6. The van der Waals surface area contributed by atoms with Crippen LogP contribution in [-0.2, 0) is 14.6 Å². The van der Waals surface area contributed by atoms with Crippen LogP contribution in [0.5, 0.6) is 5.75 Å². The van der Waals surface area contributed by atoms with Gasteiger partial charge in [-0.1, -0.05) is 18.2 Å². The Labute approximate surface area is 188 Å². The summed E-state index contributed by atoms with van der Waals surface area (Å²) in [6, 6.07) is 14.1. The molecule has 31 heavy (non-hydrogen) atoms. The third-order valence-electron chi connectivity index (χ3n) is 5.05. The molecule has 1 saturated heterocycles. The predicted molar refractivity (Wildman–Crippen MR) is 123 cm³/mol. The summed E-state index contributed by atoms with van der Waals surface area (Å²) in [5, 5.41) is 0. The third-order valence-corrected chi connectivity index (χ3v) is 7.37. The number of hydrogen-bond donors (Lipinski definition) is 0. The molecule has 8 heteroatoms. The van der Waals surface area contributed by atoms with Gasteiger partial charge in [0.2, 0.25) is 0 Å². The van der Waals surface area contributed by atoms with E-state index in [0.717, 1.165) is 30.1 Å². The van der Waals surface area contributed by atoms with E-state index in [-0.39, 0.29) is 16.9 Å². The number of amides is 1. The molecule has 1 aliphatic heterocycles. The molecule has 3 rings (SSSR count). The molecular weight excluding hydrogens is 434 g/mol. The van der Waals surface area contributed by atoms with Crippen LogP contribution in [0.15, 0.2) is 58.3 Å². The smallest absolute Gasteiger partial charge is 0.254 e. The molecule has 0 aromatic heterocycles. The Morgan fingerprint density at radius 1 is 1.23 bits per heavy atom. The number of benzene rings is 2. The molecule has 1 fully saturated rings. The number of thioether (sulfide) groups is 1. The summed E-state index contributed by atoms with van der Waals surface area (Å²) in [5.74, 6) is 1.34. The topological polar surface area (TPSA) is 72.9 Å². The molecule has 168 valence electrons. The van der Waals surface area contributed by atoms with Crippen LogP contribution in [0.1, 0.15) is 29.6 Å². The zero-order valence-corrected chi connectivity index (χ0v) is 19.6. The van der Waals surface area contributed by atoms with Gasteiger partial charge in [-0.3, -0.25) is 4.79 Å². The molecule has 6 nitrogen and oxygen atoms in total. The fraction of sp³-hybridized carbons (Fsp3) is 0.435. The molecular formula is C23H29NO5S2. The van der Waals surface area contributed by atoms with Gasteiger partial charge in [0.05, 0.1) is 23.2 Å². The number of carbonyl (C=O) groups excluding carboxylic acids is 1. The first-order chi connectivity index (χ1) is 14.8. The lowest BCUT2D eigenvalue weighted by Crippen LogP contribution is -2.29. The quantitative estimate of drug-likeness (QED) is 0.393. The average molecular weight is 464 g/mol. The Hall–Kier alpha value is -2.03. The molecule has 0 saturated carbocycles. The van der Waals surface area contributed by atoms with Gasteiger partial charge in [0.15, 0.2) is 9.84 Å². The average Bonchev–Trinajstić information content (AvgIpc) is 3.28. The second-order valence-corrected chi connectivity index (χ2v) is 10.7. The lowest BCUT2D eigenvalue weighted by atomic mass is 10.2. The summed E-state index contributed by atoms with van der Waals surface area (Å²) in [6.07, 6.45) is 4.26. The molecule has 0 aliphatic carbocycles. The molecule has 0 spiro atoms. The summed E-state index contributed by atoms with van der Waals surface area (Å²) in [4.78, 5) is 15.9. The zero-order chi connectivity index (χ0) is 22.3. The van der Waals surface area contributed by atoms with Crippen molar-refractivity contribution < 1.29 is 22.7 Å². The second-order valence-electron chi connectivity index (χ2n) is 7.62. The molecule has 1 aliphatic rings. The molecule has 1 heterocycles. The second kappa shape index (κ2) is 11.0. The van der Waals surface area contributed by atoms with Crippen molar-refractivity contribution in [3.05, 3.63) is 54.1 Å². The van der Waals surface area contributed by atoms with Gasteiger partial charge in [0.1, 0.15) is 5.75 Å². The molecule has 1 amide bonds. The van der Waals surface area contributed by atoms with Crippen LogP contribution in [0.2, 0.25) is 0 Å². The Kier molecular flexibility index (Phi) is 8.40. The Morgan fingerprint density at radius 3 is 2.77 bits per heavy atom. The molecule has 2 aromatic rings. The summed E-state index contributed by atoms with van der Waals surface area (Å²) >= 11 is 1.67. The van der Waals surface area contributed by atoms with E-state index >= 15 is 0 Å². The van der Waals surface area contributed by atoms with Gasteiger partial charge in [-0.25, -0.2) is 8.42 Å². The third kappa shape index (κ3) is 6.98. The van der Waals surface area contributed by atoms with Crippen LogP contribution in [0, 0.1) is 0 Å². The predicted octanol–water partition coefficient (Wildman–Crippen LogP) is 3.90. The van der Waals surface area contributed by atoms with E-state index in [1.807, 2.05) is 24.3 Å². The van der Waals surface area contributed by atoms with Crippen LogP contribution in [0.3, 0.4) is 0 Å². The normalized spacial score (nSPS) is 16.3. The van der Waals surface area contributed by atoms with E-state index in [9.17, 15) is 13.2 Å². The van der Waals surface area contributed by atoms with E-state index in [0.29, 0.717) is 30.9 Å². The minimum atomic E-state index is -3.27. The van der Waals surface area contributed by atoms with Gasteiger partial charge in [-0.2, -0.15) is 0 Å². The van der Waals surface area contributed by atoms with Crippen molar-refractivity contribution in [2.75, 3.05) is 38.8 Å². The van der Waals surface area contributed by atoms with Crippen molar-refractivity contribution in [3.63, 3.8) is 0 Å². The first-order valence-corrected chi connectivity index (χ1v) is 13.2. The van der Waals surface area contributed by atoms with Crippen LogP contribution in [-0.4, -0.2) is 64.1 Å². The molecule has 1 unspecified atom stereocenters. The minimum absolute atomic E-state index is 0.0190. The summed E-state index contributed by atoms with van der Waals surface area (Å²) in [5.41, 5.74) is 0.703. The molecule has 0 radical (unpaired) electrons. The number of ether oxygens (including phenoxy) is 2. The van der Waals surface area contributed by atoms with E-state index in [1.165, 1.54) is 12.3 Å². The van der Waals surface area contributed by atoms with E-state index in [4.69, 9.17) is 9.47 Å². The van der Waals surface area contributed by atoms with Crippen LogP contribution in [0.4, 0.5) is 0 Å². The lowest BCUT2D eigenvalue weighted by Gasteiger charge is -2.19. The highest BCUT2D eigenvalue weighted by atomic mass is 32.2. The Balaban J connectivity index is 1.49. The Morgan fingerprint density at radius 2 is 2.03 bits per heavy atom. The van der Waals surface area contributed by atoms with E-state index in [2.05, 4.69) is 0 Å². The zero-order valence-electron chi connectivity index (χ0n) is 18.0. The van der Waals surface area contributed by atoms with Crippen molar-refractivity contribution in [2.24, 2.45) is 0 Å². The number of hydrogen-bond acceptors (Lipinski definition) is 6. The van der Waals surface area contributed by atoms with Gasteiger partial charge in [0.25, 0.3) is 5.91 Å². The molecule has 0 N–H and O–H groups in total. The number of sulfone groups is 1. The monoisotopic (exact) mass is 463 g/mol. The lowest BCUT2D eigenvalue weighted by molar-refractivity contribution is 0.0784. The SMILES string of the molecule is CN(CCCOc1cccc(S(C)(=O)=O)c1)C(=O)c1ccccc1SCC1CCCO1. The van der Waals surface area contributed by atoms with Crippen molar-refractivity contribution in [3.8, 4) is 5.75 Å². The standard InChI is InChI=1S/C23H29NO5S2/c1-24(13-7-15-28-18-8-5-10-20(16-18)31(2,26)27)23(25)21-11-3-4-12-22(21)30-17-19-9-6-14-29-19/h3-5,8,10-12,16,19H,6-7,9,13-15,17H2,1-2H3. The van der Waals surface area contributed by atoms with Crippen molar-refractivity contribution in [1.82, 2.24) is 4.90 Å². The number of nitrogens with zero attached hydrogens (tertiary/aromatic N) is 1. The molecule has 0 bridgehead atoms. The van der Waals surface area contributed by atoms with Gasteiger partial charge in [-0.05, 0) is 49.6 Å². The largest absolute Gasteiger partial charge is 0.493 e. The van der Waals surface area contributed by atoms with Gasteiger partial charge < -0.3 is 14.4 Å². The highest BCUT2D eigenvalue weighted by Crippen LogP contribution is 2.27. The molecule has 1 atom stereocenters. The maximum atomic E-state index is 13.0. The number of carbonyl (C=O) groups is 1.